The van der Waals surface area contributed by atoms with Crippen molar-refractivity contribution in [1.82, 2.24) is 25.1 Å². The minimum atomic E-state index is 0. The number of hydrogen-bond acceptors (Lipinski definition) is 6. The number of hydrogen-bond donors (Lipinski definition) is 2. The van der Waals surface area contributed by atoms with Gasteiger partial charge in [0.1, 0.15) is 30.2 Å². The molecule has 1 saturated heterocycles. The number of halogens is 2. The van der Waals surface area contributed by atoms with E-state index in [1.807, 2.05) is 35.0 Å². The number of nitrogens with zero attached hydrogens (tertiary/aromatic N) is 4. The van der Waals surface area contributed by atoms with Crippen molar-refractivity contribution in [1.29, 1.82) is 0 Å². The molecule has 1 fully saturated rings. The molecular formula is C28H28Cl2N6O. The van der Waals surface area contributed by atoms with Crippen molar-refractivity contribution < 1.29 is 4.74 Å². The fourth-order valence-electron chi connectivity index (χ4n) is 4.92. The number of benzene rings is 3. The zero-order valence-corrected chi connectivity index (χ0v) is 21.8. The summed E-state index contributed by atoms with van der Waals surface area (Å²) in [5.41, 5.74) is 9.96. The van der Waals surface area contributed by atoms with E-state index in [1.54, 1.807) is 0 Å². The van der Waals surface area contributed by atoms with Crippen LogP contribution < -0.4 is 15.8 Å². The van der Waals surface area contributed by atoms with E-state index in [2.05, 4.69) is 45.6 Å². The molecule has 0 radical (unpaired) electrons. The van der Waals surface area contributed by atoms with Crippen LogP contribution >= 0.6 is 24.0 Å². The van der Waals surface area contributed by atoms with Crippen molar-refractivity contribution in [2.75, 3.05) is 18.8 Å². The molecule has 37 heavy (non-hydrogen) atoms. The fourth-order valence-corrected chi connectivity index (χ4v) is 5.14. The minimum absolute atomic E-state index is 0. The Labute approximate surface area is 226 Å². The van der Waals surface area contributed by atoms with Crippen LogP contribution in [0.1, 0.15) is 18.4 Å². The highest BCUT2D eigenvalue weighted by Gasteiger charge is 2.21. The van der Waals surface area contributed by atoms with Gasteiger partial charge in [-0.25, -0.2) is 14.6 Å². The number of anilines is 1. The first-order valence-corrected chi connectivity index (χ1v) is 12.6. The highest BCUT2D eigenvalue weighted by molar-refractivity contribution is 6.30. The molecule has 0 atom stereocenters. The van der Waals surface area contributed by atoms with Crippen LogP contribution in [0.2, 0.25) is 5.02 Å². The van der Waals surface area contributed by atoms with Crippen molar-refractivity contribution in [2.45, 2.75) is 26.0 Å². The van der Waals surface area contributed by atoms with Gasteiger partial charge in [-0.15, -0.1) is 12.4 Å². The molecule has 3 N–H and O–H groups in total. The third kappa shape index (κ3) is 5.34. The number of rotatable bonds is 6. The molecule has 7 nitrogen and oxygen atoms in total. The van der Waals surface area contributed by atoms with E-state index < -0.39 is 0 Å². The van der Waals surface area contributed by atoms with Gasteiger partial charge in [0, 0.05) is 17.1 Å². The second-order valence-corrected chi connectivity index (χ2v) is 9.76. The molecule has 0 bridgehead atoms. The first-order valence-electron chi connectivity index (χ1n) is 12.2. The number of aromatic nitrogens is 4. The van der Waals surface area contributed by atoms with Crippen molar-refractivity contribution in [3.05, 3.63) is 77.6 Å². The molecule has 0 aliphatic carbocycles. The summed E-state index contributed by atoms with van der Waals surface area (Å²) >= 11 is 6.09. The SMILES string of the molecule is Cl.Nc1ncnc2c1c(-c1ccc3cc(OCc4cccc(Cl)c4)ccc3c1)nn2CC1CCNCC1. The molecule has 0 unspecified atom stereocenters. The lowest BCUT2D eigenvalue weighted by atomic mass is 9.98. The van der Waals surface area contributed by atoms with Gasteiger partial charge >= 0.3 is 0 Å². The van der Waals surface area contributed by atoms with E-state index >= 15 is 0 Å². The van der Waals surface area contributed by atoms with Crippen molar-refractivity contribution >= 4 is 51.6 Å². The predicted molar refractivity (Wildman–Crippen MR) is 151 cm³/mol. The Morgan fingerprint density at radius 3 is 2.65 bits per heavy atom. The molecule has 6 rings (SSSR count). The maximum absolute atomic E-state index is 6.32. The Balaban J connectivity index is 0.00000280. The molecule has 0 amide bonds. The molecule has 9 heteroatoms. The molecule has 5 aromatic rings. The van der Waals surface area contributed by atoms with Crippen LogP contribution in [-0.4, -0.2) is 32.8 Å². The third-order valence-electron chi connectivity index (χ3n) is 6.83. The van der Waals surface area contributed by atoms with Crippen LogP contribution in [0.4, 0.5) is 5.82 Å². The standard InChI is InChI=1S/C28H27ClN6O.ClH/c29-23-3-1-2-19(12-23)16-36-24-7-6-20-13-22(5-4-21(20)14-24)26-25-27(30)32-17-33-28(25)35(34-26)15-18-8-10-31-11-9-18;/h1-7,12-14,17-18,31H,8-11,15-16H2,(H2,30,32,33);1H. The Morgan fingerprint density at radius 1 is 1.00 bits per heavy atom. The molecular weight excluding hydrogens is 507 g/mol. The lowest BCUT2D eigenvalue weighted by Gasteiger charge is -2.22. The summed E-state index contributed by atoms with van der Waals surface area (Å²) < 4.78 is 8.02. The number of nitrogens with two attached hydrogens (primary N) is 1. The lowest BCUT2D eigenvalue weighted by Crippen LogP contribution is -2.30. The van der Waals surface area contributed by atoms with Gasteiger partial charge in [0.2, 0.25) is 0 Å². The van der Waals surface area contributed by atoms with Gasteiger partial charge in [0.15, 0.2) is 5.65 Å². The monoisotopic (exact) mass is 534 g/mol. The van der Waals surface area contributed by atoms with Crippen LogP contribution in [0.3, 0.4) is 0 Å². The second kappa shape index (κ2) is 10.9. The summed E-state index contributed by atoms with van der Waals surface area (Å²) in [5, 5.41) is 12.1. The molecule has 0 saturated carbocycles. The Bertz CT molecular complexity index is 1550. The van der Waals surface area contributed by atoms with Gasteiger partial charge in [-0.05, 0) is 78.5 Å². The Morgan fingerprint density at radius 2 is 1.81 bits per heavy atom. The number of fused-ring (bicyclic) bond motifs is 2. The normalized spacial score (nSPS) is 14.1. The fraction of sp³-hybridized carbons (Fsp3) is 0.250. The highest BCUT2D eigenvalue weighted by Crippen LogP contribution is 2.33. The summed E-state index contributed by atoms with van der Waals surface area (Å²) in [6.07, 6.45) is 3.79. The quantitative estimate of drug-likeness (QED) is 0.282. The van der Waals surface area contributed by atoms with Crippen LogP contribution in [0.25, 0.3) is 33.1 Å². The van der Waals surface area contributed by atoms with E-state index in [1.165, 1.54) is 6.33 Å². The summed E-state index contributed by atoms with van der Waals surface area (Å²) in [7, 11) is 0. The molecule has 0 spiro atoms. The van der Waals surface area contributed by atoms with Gasteiger partial charge < -0.3 is 15.8 Å². The van der Waals surface area contributed by atoms with E-state index in [4.69, 9.17) is 27.2 Å². The van der Waals surface area contributed by atoms with Crippen molar-refractivity contribution in [3.63, 3.8) is 0 Å². The Kier molecular flexibility index (Phi) is 7.46. The van der Waals surface area contributed by atoms with Gasteiger partial charge in [-0.2, -0.15) is 5.10 Å². The van der Waals surface area contributed by atoms with Gasteiger partial charge in [0.25, 0.3) is 0 Å². The van der Waals surface area contributed by atoms with Crippen LogP contribution in [0.5, 0.6) is 5.75 Å². The van der Waals surface area contributed by atoms with Gasteiger partial charge in [-0.1, -0.05) is 41.9 Å². The van der Waals surface area contributed by atoms with Crippen LogP contribution in [-0.2, 0) is 13.2 Å². The number of ether oxygens (including phenoxy) is 1. The minimum Gasteiger partial charge on any atom is -0.489 e. The summed E-state index contributed by atoms with van der Waals surface area (Å²) in [6.45, 7) is 3.38. The van der Waals surface area contributed by atoms with E-state index in [9.17, 15) is 0 Å². The molecule has 190 valence electrons. The number of piperidine rings is 1. The van der Waals surface area contributed by atoms with Gasteiger partial charge in [0.05, 0.1) is 5.39 Å². The summed E-state index contributed by atoms with van der Waals surface area (Å²) in [5.74, 6) is 1.83. The topological polar surface area (TPSA) is 90.9 Å². The second-order valence-electron chi connectivity index (χ2n) is 9.32. The Hall–Kier alpha value is -3.39. The molecule has 1 aliphatic rings. The smallest absolute Gasteiger partial charge is 0.163 e. The van der Waals surface area contributed by atoms with E-state index in [0.717, 1.165) is 76.9 Å². The molecule has 3 heterocycles. The molecule has 2 aromatic heterocycles. The number of nitrogen functional groups attached to an aromatic ring is 1. The van der Waals surface area contributed by atoms with E-state index in [0.29, 0.717) is 23.4 Å². The summed E-state index contributed by atoms with van der Waals surface area (Å²) in [4.78, 5) is 8.80. The maximum Gasteiger partial charge on any atom is 0.163 e. The van der Waals surface area contributed by atoms with Crippen LogP contribution in [0, 0.1) is 5.92 Å². The molecule has 1 aliphatic heterocycles. The first-order chi connectivity index (χ1) is 17.6. The van der Waals surface area contributed by atoms with Crippen LogP contribution in [0.15, 0.2) is 67.0 Å². The van der Waals surface area contributed by atoms with Crippen molar-refractivity contribution in [2.24, 2.45) is 5.92 Å². The highest BCUT2D eigenvalue weighted by atomic mass is 35.5. The average Bonchev–Trinajstić information content (AvgIpc) is 3.27. The maximum atomic E-state index is 6.32. The summed E-state index contributed by atoms with van der Waals surface area (Å²) in [6, 6.07) is 20.1. The largest absolute Gasteiger partial charge is 0.489 e. The predicted octanol–water partition coefficient (Wildman–Crippen LogP) is 5.88. The van der Waals surface area contributed by atoms with Crippen molar-refractivity contribution in [3.8, 4) is 17.0 Å². The molecule has 3 aromatic carbocycles. The zero-order chi connectivity index (χ0) is 24.5. The van der Waals surface area contributed by atoms with Gasteiger partial charge in [-0.3, -0.25) is 0 Å². The zero-order valence-electron chi connectivity index (χ0n) is 20.2. The first kappa shape index (κ1) is 25.3. The average molecular weight is 535 g/mol. The third-order valence-corrected chi connectivity index (χ3v) is 7.06. The lowest BCUT2D eigenvalue weighted by molar-refractivity contribution is 0.306. The van der Waals surface area contributed by atoms with E-state index in [-0.39, 0.29) is 12.4 Å². The number of nitrogens with one attached hydrogen (secondary N) is 1.